The Hall–Kier alpha value is -3.20. The van der Waals surface area contributed by atoms with E-state index in [4.69, 9.17) is 4.74 Å². The molecule has 1 aliphatic heterocycles. The molecule has 0 aliphatic carbocycles. The number of Topliss-reactive ketones (excluding diaryl/α,β-unsaturated/α-hetero) is 1. The number of carbonyl (C=O) groups is 3. The van der Waals surface area contributed by atoms with Gasteiger partial charge in [0.25, 0.3) is 5.91 Å². The van der Waals surface area contributed by atoms with E-state index in [-0.39, 0.29) is 11.5 Å². The van der Waals surface area contributed by atoms with Gasteiger partial charge in [-0.2, -0.15) is 0 Å². The van der Waals surface area contributed by atoms with Crippen molar-refractivity contribution >= 4 is 38.8 Å². The summed E-state index contributed by atoms with van der Waals surface area (Å²) >= 11 is 0. The molecule has 1 atom stereocenters. The fraction of sp³-hybridized carbons (Fsp3) is 0.318. The number of nitrogens with one attached hydrogen (secondary N) is 1. The van der Waals surface area contributed by atoms with Crippen molar-refractivity contribution < 1.29 is 27.5 Å². The number of rotatable bonds is 7. The van der Waals surface area contributed by atoms with E-state index in [1.54, 1.807) is 26.1 Å². The number of hydrogen-bond acceptors (Lipinski definition) is 6. The highest BCUT2D eigenvalue weighted by Gasteiger charge is 2.30. The van der Waals surface area contributed by atoms with Gasteiger partial charge in [-0.1, -0.05) is 19.1 Å². The number of ether oxygens (including phenoxy) is 1. The minimum atomic E-state index is -3.99. The van der Waals surface area contributed by atoms with Gasteiger partial charge in [-0.3, -0.25) is 14.4 Å². The van der Waals surface area contributed by atoms with Crippen LogP contribution in [0.2, 0.25) is 0 Å². The van der Waals surface area contributed by atoms with Crippen molar-refractivity contribution in [1.29, 1.82) is 0 Å². The zero-order chi connectivity index (χ0) is 22.8. The van der Waals surface area contributed by atoms with E-state index < -0.39 is 39.1 Å². The van der Waals surface area contributed by atoms with E-state index in [0.717, 1.165) is 12.0 Å². The van der Waals surface area contributed by atoms with Crippen molar-refractivity contribution in [3.63, 3.8) is 0 Å². The summed E-state index contributed by atoms with van der Waals surface area (Å²) in [7, 11) is -2.43. The molecule has 2 aromatic rings. The molecule has 9 heteroatoms. The molecule has 1 N–H and O–H groups in total. The van der Waals surface area contributed by atoms with Crippen molar-refractivity contribution in [3.05, 3.63) is 53.6 Å². The average Bonchev–Trinajstić information content (AvgIpc) is 2.71. The number of fused-ring (bicyclic) bond motifs is 1. The van der Waals surface area contributed by atoms with Gasteiger partial charge in [-0.05, 0) is 49.2 Å². The predicted molar refractivity (Wildman–Crippen MR) is 117 cm³/mol. The molecule has 1 aliphatic rings. The summed E-state index contributed by atoms with van der Waals surface area (Å²) in [5.41, 5.74) is 2.09. The van der Waals surface area contributed by atoms with Crippen molar-refractivity contribution in [2.75, 3.05) is 28.8 Å². The second-order valence-corrected chi connectivity index (χ2v) is 9.46. The number of anilines is 2. The maximum Gasteiger partial charge on any atom is 0.267 e. The van der Waals surface area contributed by atoms with Crippen LogP contribution < -0.4 is 15.0 Å². The molecular formula is C22H24N2O6S. The average molecular weight is 445 g/mol. The Bertz CT molecular complexity index is 1130. The topological polar surface area (TPSA) is 110 Å². The van der Waals surface area contributed by atoms with Crippen molar-refractivity contribution in [2.45, 2.75) is 26.4 Å². The molecule has 3 rings (SSSR count). The van der Waals surface area contributed by atoms with Crippen LogP contribution in [0.4, 0.5) is 11.4 Å². The first kappa shape index (κ1) is 22.5. The Morgan fingerprint density at radius 2 is 1.77 bits per heavy atom. The lowest BCUT2D eigenvalue weighted by Gasteiger charge is -2.30. The molecule has 0 spiro atoms. The largest absolute Gasteiger partial charge is 0.479 e. The summed E-state index contributed by atoms with van der Waals surface area (Å²) in [4.78, 5) is 38.1. The number of ketones is 1. The van der Waals surface area contributed by atoms with Gasteiger partial charge >= 0.3 is 0 Å². The van der Waals surface area contributed by atoms with E-state index in [1.807, 2.05) is 19.1 Å². The normalized spacial score (nSPS) is 15.8. The Morgan fingerprint density at radius 1 is 1.10 bits per heavy atom. The van der Waals surface area contributed by atoms with E-state index in [9.17, 15) is 22.8 Å². The van der Waals surface area contributed by atoms with Crippen molar-refractivity contribution in [2.24, 2.45) is 0 Å². The maximum absolute atomic E-state index is 12.6. The molecule has 0 radical (unpaired) electrons. The van der Waals surface area contributed by atoms with Gasteiger partial charge in [0.05, 0.1) is 5.69 Å². The molecule has 0 bridgehead atoms. The Balaban J connectivity index is 1.66. The van der Waals surface area contributed by atoms with Gasteiger partial charge < -0.3 is 15.0 Å². The highest BCUT2D eigenvalue weighted by molar-refractivity contribution is 7.92. The molecule has 0 aromatic heterocycles. The third kappa shape index (κ3) is 5.29. The molecule has 1 heterocycles. The Kier molecular flexibility index (Phi) is 6.45. The Morgan fingerprint density at radius 3 is 2.42 bits per heavy atom. The van der Waals surface area contributed by atoms with Crippen LogP contribution in [-0.4, -0.2) is 50.7 Å². The molecule has 1 unspecified atom stereocenters. The number of hydrogen-bond donors (Lipinski definition) is 1. The van der Waals surface area contributed by atoms with Gasteiger partial charge in [0.1, 0.15) is 17.3 Å². The smallest absolute Gasteiger partial charge is 0.267 e. The molecule has 164 valence electrons. The van der Waals surface area contributed by atoms with Crippen LogP contribution in [0, 0.1) is 0 Å². The summed E-state index contributed by atoms with van der Waals surface area (Å²) in [6.45, 7) is 3.62. The highest BCUT2D eigenvalue weighted by Crippen LogP contribution is 2.34. The second kappa shape index (κ2) is 8.89. The van der Waals surface area contributed by atoms with Crippen LogP contribution in [0.15, 0.2) is 42.5 Å². The van der Waals surface area contributed by atoms with Crippen LogP contribution in [0.1, 0.15) is 29.8 Å². The fourth-order valence-electron chi connectivity index (χ4n) is 3.24. The second-order valence-electron chi connectivity index (χ2n) is 7.39. The van der Waals surface area contributed by atoms with Gasteiger partial charge in [0, 0.05) is 18.3 Å². The number of amides is 2. The fourth-order valence-corrected chi connectivity index (χ4v) is 4.38. The monoisotopic (exact) mass is 444 g/mol. The van der Waals surface area contributed by atoms with Gasteiger partial charge in [-0.15, -0.1) is 0 Å². The van der Waals surface area contributed by atoms with Crippen LogP contribution in [-0.2, 0) is 25.8 Å². The van der Waals surface area contributed by atoms with Gasteiger partial charge in [0.2, 0.25) is 5.91 Å². The van der Waals surface area contributed by atoms with Crippen molar-refractivity contribution in [1.82, 2.24) is 0 Å². The molecule has 31 heavy (non-hydrogen) atoms. The lowest BCUT2D eigenvalue weighted by Crippen LogP contribution is -2.42. The highest BCUT2D eigenvalue weighted by atomic mass is 32.2. The van der Waals surface area contributed by atoms with E-state index >= 15 is 0 Å². The first-order valence-corrected chi connectivity index (χ1v) is 11.6. The SMILES string of the molecule is CCc1ccc(NC(=O)CS(=O)(=O)CC(=O)c2ccc3c(c2)N(C)C(=O)C(C)O3)cc1. The number of sulfone groups is 1. The van der Waals surface area contributed by atoms with Crippen molar-refractivity contribution in [3.8, 4) is 5.75 Å². The van der Waals surface area contributed by atoms with Crippen LogP contribution in [0.25, 0.3) is 0 Å². The summed E-state index contributed by atoms with van der Waals surface area (Å²) in [6.07, 6.45) is 0.207. The number of benzene rings is 2. The third-order valence-electron chi connectivity index (χ3n) is 4.97. The minimum Gasteiger partial charge on any atom is -0.479 e. The molecule has 2 aromatic carbocycles. The van der Waals surface area contributed by atoms with Gasteiger partial charge in [0.15, 0.2) is 21.7 Å². The van der Waals surface area contributed by atoms with E-state index in [0.29, 0.717) is 17.1 Å². The maximum atomic E-state index is 12.6. The third-order valence-corrected chi connectivity index (χ3v) is 6.38. The molecule has 0 saturated carbocycles. The van der Waals surface area contributed by atoms with Crippen LogP contribution >= 0.6 is 0 Å². The lowest BCUT2D eigenvalue weighted by molar-refractivity contribution is -0.125. The summed E-state index contributed by atoms with van der Waals surface area (Å²) in [6, 6.07) is 11.5. The van der Waals surface area contributed by atoms with Crippen LogP contribution in [0.5, 0.6) is 5.75 Å². The quantitative estimate of drug-likeness (QED) is 0.656. The number of likely N-dealkylation sites (N-methyl/N-ethyl adjacent to an activating group) is 1. The number of aryl methyl sites for hydroxylation is 1. The Labute approximate surface area is 181 Å². The summed E-state index contributed by atoms with van der Waals surface area (Å²) in [5, 5.41) is 2.53. The summed E-state index contributed by atoms with van der Waals surface area (Å²) < 4.78 is 30.3. The summed E-state index contributed by atoms with van der Waals surface area (Å²) in [5.74, 6) is -2.84. The number of carbonyl (C=O) groups excluding carboxylic acids is 3. The molecule has 8 nitrogen and oxygen atoms in total. The molecular weight excluding hydrogens is 420 g/mol. The zero-order valence-electron chi connectivity index (χ0n) is 17.5. The van der Waals surface area contributed by atoms with Crippen LogP contribution in [0.3, 0.4) is 0 Å². The standard InChI is InChI=1S/C22H24N2O6S/c1-4-15-5-8-17(9-6-15)23-21(26)13-31(28,29)12-19(25)16-7-10-20-18(11-16)24(3)22(27)14(2)30-20/h5-11,14H,4,12-13H2,1-3H3,(H,23,26). The molecule has 2 amide bonds. The number of nitrogens with zero attached hydrogens (tertiary/aromatic N) is 1. The zero-order valence-corrected chi connectivity index (χ0v) is 18.4. The first-order chi connectivity index (χ1) is 14.6. The minimum absolute atomic E-state index is 0.121. The predicted octanol–water partition coefficient (Wildman–Crippen LogP) is 2.23. The lowest BCUT2D eigenvalue weighted by atomic mass is 10.1. The van der Waals surface area contributed by atoms with E-state index in [1.165, 1.54) is 23.1 Å². The molecule has 0 fully saturated rings. The molecule has 0 saturated heterocycles. The van der Waals surface area contributed by atoms with Gasteiger partial charge in [-0.25, -0.2) is 8.42 Å². The van der Waals surface area contributed by atoms with E-state index in [2.05, 4.69) is 5.32 Å². The first-order valence-electron chi connectivity index (χ1n) is 9.80.